The van der Waals surface area contributed by atoms with Crippen LogP contribution in [0.2, 0.25) is 0 Å². The van der Waals surface area contributed by atoms with Gasteiger partial charge in [-0.1, -0.05) is 38.1 Å². The molecule has 31 heavy (non-hydrogen) atoms. The predicted molar refractivity (Wildman–Crippen MR) is 123 cm³/mol. The van der Waals surface area contributed by atoms with Crippen LogP contribution in [0.3, 0.4) is 0 Å². The Hall–Kier alpha value is -3.80. The number of H-pyrrole nitrogens is 1. The number of anilines is 1. The van der Waals surface area contributed by atoms with Crippen LogP contribution in [0, 0.1) is 0 Å². The number of fused-ring (bicyclic) bond motifs is 1. The number of carbonyl (C=O) groups excluding carboxylic acids is 1. The van der Waals surface area contributed by atoms with Crippen molar-refractivity contribution >= 4 is 22.6 Å². The molecule has 4 rings (SSSR count). The third kappa shape index (κ3) is 3.97. The van der Waals surface area contributed by atoms with Gasteiger partial charge in [0, 0.05) is 10.9 Å². The summed E-state index contributed by atoms with van der Waals surface area (Å²) >= 11 is 0. The van der Waals surface area contributed by atoms with Crippen LogP contribution in [0.25, 0.3) is 22.0 Å². The van der Waals surface area contributed by atoms with Crippen LogP contribution in [-0.4, -0.2) is 30.3 Å². The van der Waals surface area contributed by atoms with Crippen molar-refractivity contribution < 1.29 is 14.3 Å². The molecule has 0 aliphatic rings. The van der Waals surface area contributed by atoms with Gasteiger partial charge in [0.15, 0.2) is 5.82 Å². The Kier molecular flexibility index (Phi) is 5.62. The first-order valence-electron chi connectivity index (χ1n) is 10.1. The first-order valence-corrected chi connectivity index (χ1v) is 10.1. The van der Waals surface area contributed by atoms with E-state index >= 15 is 0 Å². The third-order valence-electron chi connectivity index (χ3n) is 5.35. The Morgan fingerprint density at radius 3 is 2.48 bits per heavy atom. The SMILES string of the molecule is COc1ccccc1C(=O)Nc1n[nH]c2cc(-c3cc(C(C)C)ccc3OC)ccc12. The van der Waals surface area contributed by atoms with Gasteiger partial charge in [-0.15, -0.1) is 0 Å². The van der Waals surface area contributed by atoms with Gasteiger partial charge in [0.05, 0.1) is 25.3 Å². The normalized spacial score (nSPS) is 11.0. The van der Waals surface area contributed by atoms with E-state index in [1.165, 1.54) is 5.56 Å². The van der Waals surface area contributed by atoms with E-state index in [0.29, 0.717) is 23.0 Å². The van der Waals surface area contributed by atoms with Gasteiger partial charge < -0.3 is 14.8 Å². The summed E-state index contributed by atoms with van der Waals surface area (Å²) in [6, 6.07) is 19.3. The fourth-order valence-electron chi connectivity index (χ4n) is 3.60. The lowest BCUT2D eigenvalue weighted by molar-refractivity contribution is 0.102. The monoisotopic (exact) mass is 415 g/mol. The molecule has 0 fully saturated rings. The summed E-state index contributed by atoms with van der Waals surface area (Å²) in [5.41, 5.74) is 4.55. The van der Waals surface area contributed by atoms with Gasteiger partial charge in [-0.05, 0) is 53.4 Å². The van der Waals surface area contributed by atoms with Crippen LogP contribution in [0.4, 0.5) is 5.82 Å². The molecule has 4 aromatic rings. The molecule has 0 aliphatic carbocycles. The van der Waals surface area contributed by atoms with Gasteiger partial charge in [-0.25, -0.2) is 0 Å². The van der Waals surface area contributed by atoms with E-state index in [1.807, 2.05) is 30.3 Å². The number of benzene rings is 3. The van der Waals surface area contributed by atoms with E-state index < -0.39 is 0 Å². The van der Waals surface area contributed by atoms with Crippen molar-refractivity contribution in [2.45, 2.75) is 19.8 Å². The standard InChI is InChI=1S/C25H25N3O3/c1-15(2)16-10-12-23(31-4)20(13-16)17-9-11-18-21(14-17)27-28-24(18)26-25(29)19-7-5-6-8-22(19)30-3/h5-15H,1-4H3,(H2,26,27,28,29). The average Bonchev–Trinajstić information content (AvgIpc) is 3.20. The third-order valence-corrected chi connectivity index (χ3v) is 5.35. The number of amides is 1. The topological polar surface area (TPSA) is 76.2 Å². The number of hydrogen-bond donors (Lipinski definition) is 2. The van der Waals surface area contributed by atoms with Crippen molar-refractivity contribution in [2.24, 2.45) is 0 Å². The smallest absolute Gasteiger partial charge is 0.260 e. The van der Waals surface area contributed by atoms with Crippen molar-refractivity contribution in [3.05, 3.63) is 71.8 Å². The molecule has 2 N–H and O–H groups in total. The highest BCUT2D eigenvalue weighted by Crippen LogP contribution is 2.35. The van der Waals surface area contributed by atoms with Crippen LogP contribution in [0.1, 0.15) is 35.7 Å². The van der Waals surface area contributed by atoms with Gasteiger partial charge in [0.25, 0.3) is 5.91 Å². The number of rotatable bonds is 6. The van der Waals surface area contributed by atoms with Crippen molar-refractivity contribution in [3.8, 4) is 22.6 Å². The molecule has 0 unspecified atom stereocenters. The molecule has 0 saturated carbocycles. The lowest BCUT2D eigenvalue weighted by Gasteiger charge is -2.13. The van der Waals surface area contributed by atoms with E-state index in [0.717, 1.165) is 27.8 Å². The number of nitrogens with one attached hydrogen (secondary N) is 2. The van der Waals surface area contributed by atoms with E-state index in [2.05, 4.69) is 41.5 Å². The maximum absolute atomic E-state index is 12.7. The van der Waals surface area contributed by atoms with E-state index in [-0.39, 0.29) is 5.91 Å². The minimum Gasteiger partial charge on any atom is -0.496 e. The number of carbonyl (C=O) groups is 1. The van der Waals surface area contributed by atoms with E-state index in [4.69, 9.17) is 9.47 Å². The molecule has 0 atom stereocenters. The number of methoxy groups -OCH3 is 2. The summed E-state index contributed by atoms with van der Waals surface area (Å²) in [6.45, 7) is 4.33. The molecule has 0 radical (unpaired) electrons. The number of aromatic nitrogens is 2. The molecule has 0 spiro atoms. The summed E-state index contributed by atoms with van der Waals surface area (Å²) in [5.74, 6) is 1.94. The number of para-hydroxylation sites is 1. The summed E-state index contributed by atoms with van der Waals surface area (Å²) in [4.78, 5) is 12.7. The van der Waals surface area contributed by atoms with Gasteiger partial charge in [-0.3, -0.25) is 9.89 Å². The first kappa shape index (κ1) is 20.5. The van der Waals surface area contributed by atoms with Crippen LogP contribution in [0.15, 0.2) is 60.7 Å². The predicted octanol–water partition coefficient (Wildman–Crippen LogP) is 5.62. The Labute approximate surface area is 181 Å². The Morgan fingerprint density at radius 1 is 0.968 bits per heavy atom. The fourth-order valence-corrected chi connectivity index (χ4v) is 3.60. The second-order valence-corrected chi connectivity index (χ2v) is 7.60. The Morgan fingerprint density at radius 2 is 1.74 bits per heavy atom. The van der Waals surface area contributed by atoms with Gasteiger partial charge >= 0.3 is 0 Å². The largest absolute Gasteiger partial charge is 0.496 e. The van der Waals surface area contributed by atoms with Gasteiger partial charge in [0.2, 0.25) is 0 Å². The van der Waals surface area contributed by atoms with E-state index in [9.17, 15) is 4.79 Å². The van der Waals surface area contributed by atoms with Crippen molar-refractivity contribution in [1.29, 1.82) is 0 Å². The first-order chi connectivity index (χ1) is 15.0. The van der Waals surface area contributed by atoms with Crippen molar-refractivity contribution in [1.82, 2.24) is 10.2 Å². The highest BCUT2D eigenvalue weighted by molar-refractivity contribution is 6.09. The molecule has 6 nitrogen and oxygen atoms in total. The number of aromatic amines is 1. The number of ether oxygens (including phenoxy) is 2. The highest BCUT2D eigenvalue weighted by atomic mass is 16.5. The molecule has 1 amide bonds. The van der Waals surface area contributed by atoms with Crippen LogP contribution < -0.4 is 14.8 Å². The lowest BCUT2D eigenvalue weighted by atomic mass is 9.96. The highest BCUT2D eigenvalue weighted by Gasteiger charge is 2.16. The lowest BCUT2D eigenvalue weighted by Crippen LogP contribution is -2.13. The Bertz CT molecular complexity index is 1240. The molecule has 0 aliphatic heterocycles. The zero-order valence-corrected chi connectivity index (χ0v) is 18.0. The quantitative estimate of drug-likeness (QED) is 0.428. The minimum atomic E-state index is -0.277. The zero-order valence-electron chi connectivity index (χ0n) is 18.0. The molecule has 0 bridgehead atoms. The van der Waals surface area contributed by atoms with Crippen LogP contribution >= 0.6 is 0 Å². The van der Waals surface area contributed by atoms with Crippen LogP contribution in [0.5, 0.6) is 11.5 Å². The van der Waals surface area contributed by atoms with E-state index in [1.54, 1.807) is 32.4 Å². The summed E-state index contributed by atoms with van der Waals surface area (Å²) < 4.78 is 10.9. The maximum atomic E-state index is 12.7. The van der Waals surface area contributed by atoms with Crippen molar-refractivity contribution in [2.75, 3.05) is 19.5 Å². The van der Waals surface area contributed by atoms with Crippen molar-refractivity contribution in [3.63, 3.8) is 0 Å². The molecule has 158 valence electrons. The summed E-state index contributed by atoms with van der Waals surface area (Å²) in [7, 11) is 3.22. The molecule has 1 heterocycles. The Balaban J connectivity index is 1.68. The molecular formula is C25H25N3O3. The number of nitrogens with zero attached hydrogens (tertiary/aromatic N) is 1. The average molecular weight is 415 g/mol. The number of hydrogen-bond acceptors (Lipinski definition) is 4. The van der Waals surface area contributed by atoms with Crippen LogP contribution in [-0.2, 0) is 0 Å². The summed E-state index contributed by atoms with van der Waals surface area (Å²) in [5, 5.41) is 11.0. The molecule has 3 aromatic carbocycles. The molecule has 1 aromatic heterocycles. The second-order valence-electron chi connectivity index (χ2n) is 7.60. The maximum Gasteiger partial charge on any atom is 0.260 e. The zero-order chi connectivity index (χ0) is 22.0. The van der Waals surface area contributed by atoms with Gasteiger partial charge in [0.1, 0.15) is 11.5 Å². The molecular weight excluding hydrogens is 390 g/mol. The second kappa shape index (κ2) is 8.52. The minimum absolute atomic E-state index is 0.277. The summed E-state index contributed by atoms with van der Waals surface area (Å²) in [6.07, 6.45) is 0. The molecule has 6 heteroatoms. The van der Waals surface area contributed by atoms with Gasteiger partial charge in [-0.2, -0.15) is 5.10 Å². The molecule has 0 saturated heterocycles. The fraction of sp³-hybridized carbons (Fsp3) is 0.200.